The van der Waals surface area contributed by atoms with Crippen LogP contribution in [-0.4, -0.2) is 20.0 Å². The van der Waals surface area contributed by atoms with E-state index in [1.54, 1.807) is 25.3 Å². The zero-order chi connectivity index (χ0) is 17.3. The van der Waals surface area contributed by atoms with E-state index in [1.165, 1.54) is 13.2 Å². The first-order chi connectivity index (χ1) is 11.6. The lowest BCUT2D eigenvalue weighted by Crippen LogP contribution is -2.30. The fraction of sp³-hybridized carbons (Fsp3) is 0.350. The minimum Gasteiger partial charge on any atom is -0.497 e. The van der Waals surface area contributed by atoms with Crippen LogP contribution < -0.4 is 9.47 Å². The number of Topliss-reactive ketones (excluding diaryl/α,β-unsaturated/α-hetero) is 1. The average Bonchev–Trinajstić information content (AvgIpc) is 2.61. The lowest BCUT2D eigenvalue weighted by atomic mass is 9.71. The predicted octanol–water partition coefficient (Wildman–Crippen LogP) is 4.39. The molecule has 126 valence electrons. The zero-order valence-corrected chi connectivity index (χ0v) is 14.1. The summed E-state index contributed by atoms with van der Waals surface area (Å²) >= 11 is 0. The summed E-state index contributed by atoms with van der Waals surface area (Å²) in [6.45, 7) is 1.97. The molecule has 1 aliphatic carbocycles. The van der Waals surface area contributed by atoms with E-state index < -0.39 is 0 Å². The predicted molar refractivity (Wildman–Crippen MR) is 90.5 cm³/mol. The maximum absolute atomic E-state index is 14.5. The van der Waals surface area contributed by atoms with E-state index in [2.05, 4.69) is 0 Å². The Morgan fingerprint density at radius 2 is 1.75 bits per heavy atom. The number of carbonyl (C=O) groups excluding carboxylic acids is 1. The normalized spacial score (nSPS) is 19.8. The molecule has 0 saturated heterocycles. The van der Waals surface area contributed by atoms with Crippen molar-refractivity contribution in [2.24, 2.45) is 5.92 Å². The third kappa shape index (κ3) is 2.77. The summed E-state index contributed by atoms with van der Waals surface area (Å²) in [5, 5.41) is 0. The van der Waals surface area contributed by atoms with E-state index in [-0.39, 0.29) is 23.4 Å². The largest absolute Gasteiger partial charge is 0.497 e. The smallest absolute Gasteiger partial charge is 0.166 e. The van der Waals surface area contributed by atoms with E-state index in [9.17, 15) is 9.18 Å². The van der Waals surface area contributed by atoms with Crippen molar-refractivity contribution in [2.45, 2.75) is 25.7 Å². The standard InChI is InChI=1S/C20H21FO3/c1-4-15-18(16-8-7-14(24-3)11-19(16)21)9-12-5-6-13(23-2)10-17(12)20(15)22/h5-8,10-11,15,18H,4,9H2,1-3H3. The first-order valence-electron chi connectivity index (χ1n) is 8.13. The molecule has 3 rings (SSSR count). The second-order valence-electron chi connectivity index (χ2n) is 6.10. The number of hydrogen-bond donors (Lipinski definition) is 0. The average molecular weight is 328 g/mol. The summed E-state index contributed by atoms with van der Waals surface area (Å²) in [5.74, 6) is 0.518. The Labute approximate surface area is 141 Å². The van der Waals surface area contributed by atoms with Crippen LogP contribution in [0.15, 0.2) is 36.4 Å². The lowest BCUT2D eigenvalue weighted by molar-refractivity contribution is 0.0879. The van der Waals surface area contributed by atoms with Gasteiger partial charge >= 0.3 is 0 Å². The highest BCUT2D eigenvalue weighted by Gasteiger charge is 2.36. The van der Waals surface area contributed by atoms with E-state index in [0.29, 0.717) is 35.5 Å². The second-order valence-corrected chi connectivity index (χ2v) is 6.10. The molecule has 24 heavy (non-hydrogen) atoms. The molecule has 2 atom stereocenters. The van der Waals surface area contributed by atoms with Crippen molar-refractivity contribution >= 4 is 5.78 Å². The third-order valence-electron chi connectivity index (χ3n) is 4.89. The molecule has 0 bridgehead atoms. The molecule has 0 fully saturated rings. The van der Waals surface area contributed by atoms with Gasteiger partial charge in [-0.05, 0) is 42.2 Å². The summed E-state index contributed by atoms with van der Waals surface area (Å²) in [6.07, 6.45) is 1.32. The van der Waals surface area contributed by atoms with Crippen molar-refractivity contribution in [1.82, 2.24) is 0 Å². The lowest BCUT2D eigenvalue weighted by Gasteiger charge is -2.32. The summed E-state index contributed by atoms with van der Waals surface area (Å²) < 4.78 is 24.8. The van der Waals surface area contributed by atoms with Crippen molar-refractivity contribution in [1.29, 1.82) is 0 Å². The first-order valence-corrected chi connectivity index (χ1v) is 8.13. The van der Waals surface area contributed by atoms with Crippen LogP contribution in [0.4, 0.5) is 4.39 Å². The van der Waals surface area contributed by atoms with E-state index in [0.717, 1.165) is 5.56 Å². The number of ether oxygens (including phenoxy) is 2. The minimum atomic E-state index is -0.317. The summed E-state index contributed by atoms with van der Waals surface area (Å²) in [7, 11) is 3.10. The van der Waals surface area contributed by atoms with Crippen molar-refractivity contribution < 1.29 is 18.7 Å². The third-order valence-corrected chi connectivity index (χ3v) is 4.89. The van der Waals surface area contributed by atoms with Gasteiger partial charge in [0.05, 0.1) is 14.2 Å². The Morgan fingerprint density at radius 3 is 2.38 bits per heavy atom. The van der Waals surface area contributed by atoms with Gasteiger partial charge in [-0.1, -0.05) is 19.1 Å². The SMILES string of the molecule is CCC1C(=O)c2cc(OC)ccc2CC1c1ccc(OC)cc1F. The topological polar surface area (TPSA) is 35.5 Å². The van der Waals surface area contributed by atoms with Gasteiger partial charge in [0.1, 0.15) is 17.3 Å². The number of methoxy groups -OCH3 is 2. The van der Waals surface area contributed by atoms with Crippen LogP contribution in [0.1, 0.15) is 40.7 Å². The number of benzene rings is 2. The molecule has 0 aliphatic heterocycles. The van der Waals surface area contributed by atoms with Crippen LogP contribution in [0.5, 0.6) is 11.5 Å². The molecule has 1 aliphatic rings. The Bertz CT molecular complexity index is 769. The first kappa shape index (κ1) is 16.5. The van der Waals surface area contributed by atoms with Gasteiger partial charge in [0, 0.05) is 23.5 Å². The number of hydrogen-bond acceptors (Lipinski definition) is 3. The molecule has 0 N–H and O–H groups in total. The van der Waals surface area contributed by atoms with Crippen LogP contribution in [0, 0.1) is 11.7 Å². The molecule has 0 saturated carbocycles. The maximum atomic E-state index is 14.5. The molecule has 0 heterocycles. The molecule has 3 nitrogen and oxygen atoms in total. The van der Waals surface area contributed by atoms with Crippen molar-refractivity contribution in [3.8, 4) is 11.5 Å². The molecule has 2 aromatic rings. The fourth-order valence-corrected chi connectivity index (χ4v) is 3.58. The fourth-order valence-electron chi connectivity index (χ4n) is 3.58. The van der Waals surface area contributed by atoms with Gasteiger partial charge < -0.3 is 9.47 Å². The van der Waals surface area contributed by atoms with Gasteiger partial charge in [0.2, 0.25) is 0 Å². The van der Waals surface area contributed by atoms with Crippen LogP contribution in [-0.2, 0) is 6.42 Å². The van der Waals surface area contributed by atoms with Gasteiger partial charge in [-0.2, -0.15) is 0 Å². The number of fused-ring (bicyclic) bond motifs is 1. The monoisotopic (exact) mass is 328 g/mol. The second kappa shape index (κ2) is 6.63. The van der Waals surface area contributed by atoms with Crippen LogP contribution in [0.3, 0.4) is 0 Å². The number of carbonyl (C=O) groups is 1. The summed E-state index contributed by atoms with van der Waals surface area (Å²) in [6, 6.07) is 10.4. The number of halogens is 1. The van der Waals surface area contributed by atoms with E-state index in [1.807, 2.05) is 19.1 Å². The van der Waals surface area contributed by atoms with Crippen molar-refractivity contribution in [2.75, 3.05) is 14.2 Å². The maximum Gasteiger partial charge on any atom is 0.166 e. The molecule has 0 radical (unpaired) electrons. The Balaban J connectivity index is 2.04. The minimum absolute atomic E-state index is 0.0675. The Morgan fingerprint density at radius 1 is 1.08 bits per heavy atom. The van der Waals surface area contributed by atoms with E-state index in [4.69, 9.17) is 9.47 Å². The van der Waals surface area contributed by atoms with Crippen LogP contribution in [0.2, 0.25) is 0 Å². The molecule has 0 amide bonds. The van der Waals surface area contributed by atoms with Crippen molar-refractivity contribution in [3.05, 3.63) is 58.9 Å². The summed E-state index contributed by atoms with van der Waals surface area (Å²) in [4.78, 5) is 12.9. The summed E-state index contributed by atoms with van der Waals surface area (Å²) in [5.41, 5.74) is 2.23. The van der Waals surface area contributed by atoms with Crippen LogP contribution >= 0.6 is 0 Å². The Hall–Kier alpha value is -2.36. The van der Waals surface area contributed by atoms with Gasteiger partial charge in [-0.25, -0.2) is 4.39 Å². The van der Waals surface area contributed by atoms with Crippen LogP contribution in [0.25, 0.3) is 0 Å². The molecule has 2 unspecified atom stereocenters. The molecule has 2 aromatic carbocycles. The van der Waals surface area contributed by atoms with Crippen molar-refractivity contribution in [3.63, 3.8) is 0 Å². The quantitative estimate of drug-likeness (QED) is 0.835. The Kier molecular flexibility index (Phi) is 4.56. The van der Waals surface area contributed by atoms with Gasteiger partial charge in [-0.15, -0.1) is 0 Å². The molecular formula is C20H21FO3. The number of ketones is 1. The molecular weight excluding hydrogens is 307 g/mol. The van der Waals surface area contributed by atoms with Gasteiger partial charge in [0.15, 0.2) is 5.78 Å². The highest BCUT2D eigenvalue weighted by molar-refractivity contribution is 6.01. The van der Waals surface area contributed by atoms with E-state index >= 15 is 0 Å². The molecule has 0 aromatic heterocycles. The van der Waals surface area contributed by atoms with Gasteiger partial charge in [0.25, 0.3) is 0 Å². The highest BCUT2D eigenvalue weighted by atomic mass is 19.1. The van der Waals surface area contributed by atoms with Gasteiger partial charge in [-0.3, -0.25) is 4.79 Å². The molecule has 0 spiro atoms. The highest BCUT2D eigenvalue weighted by Crippen LogP contribution is 2.41. The number of rotatable bonds is 4. The molecule has 4 heteroatoms. The zero-order valence-electron chi connectivity index (χ0n) is 14.1.